The smallest absolute Gasteiger partial charge is 0.137 e. The van der Waals surface area contributed by atoms with Gasteiger partial charge in [-0.3, -0.25) is 4.40 Å². The molecule has 0 radical (unpaired) electrons. The van der Waals surface area contributed by atoms with E-state index >= 15 is 0 Å². The molecular weight excluding hydrogens is 316 g/mol. The average molecular weight is 331 g/mol. The third-order valence-corrected chi connectivity index (χ3v) is 3.81. The molecule has 1 aromatic carbocycles. The van der Waals surface area contributed by atoms with E-state index in [2.05, 4.69) is 40.0 Å². The Morgan fingerprint density at radius 2 is 1.85 bits per heavy atom. The van der Waals surface area contributed by atoms with E-state index in [0.717, 1.165) is 27.1 Å². The number of fused-ring (bicyclic) bond motifs is 1. The maximum Gasteiger partial charge on any atom is 0.137 e. The molecule has 0 spiro atoms. The molecule has 3 rings (SSSR count). The topological polar surface area (TPSA) is 37.5 Å². The highest BCUT2D eigenvalue weighted by molar-refractivity contribution is 9.10. The van der Waals surface area contributed by atoms with Crippen molar-refractivity contribution in [3.05, 3.63) is 58.3 Å². The predicted molar refractivity (Wildman–Crippen MR) is 83.7 cm³/mol. The van der Waals surface area contributed by atoms with Crippen molar-refractivity contribution in [3.63, 3.8) is 0 Å². The van der Waals surface area contributed by atoms with E-state index in [1.54, 1.807) is 6.92 Å². The molecule has 0 amide bonds. The molecule has 102 valence electrons. The first-order valence-corrected chi connectivity index (χ1v) is 7.28. The van der Waals surface area contributed by atoms with Gasteiger partial charge < -0.3 is 5.11 Å². The van der Waals surface area contributed by atoms with Crippen molar-refractivity contribution < 1.29 is 5.11 Å². The maximum atomic E-state index is 10.1. The van der Waals surface area contributed by atoms with Gasteiger partial charge in [0.05, 0.1) is 17.5 Å². The number of aliphatic hydroxyl groups is 1. The first-order valence-electron chi connectivity index (χ1n) is 6.49. The van der Waals surface area contributed by atoms with Crippen LogP contribution in [0.3, 0.4) is 0 Å². The Bertz CT molecular complexity index is 760. The zero-order valence-corrected chi connectivity index (χ0v) is 12.9. The van der Waals surface area contributed by atoms with Crippen molar-refractivity contribution in [2.24, 2.45) is 0 Å². The van der Waals surface area contributed by atoms with Gasteiger partial charge in [0.2, 0.25) is 0 Å². The molecule has 1 unspecified atom stereocenters. The largest absolute Gasteiger partial charge is 0.387 e. The Morgan fingerprint density at radius 3 is 2.50 bits per heavy atom. The molecule has 1 atom stereocenters. The van der Waals surface area contributed by atoms with E-state index < -0.39 is 6.10 Å². The highest BCUT2D eigenvalue weighted by Crippen LogP contribution is 2.30. The van der Waals surface area contributed by atoms with Gasteiger partial charge in [-0.15, -0.1) is 0 Å². The fourth-order valence-electron chi connectivity index (χ4n) is 2.36. The molecule has 3 nitrogen and oxygen atoms in total. The van der Waals surface area contributed by atoms with Crippen LogP contribution >= 0.6 is 15.9 Å². The Hall–Kier alpha value is -1.65. The van der Waals surface area contributed by atoms with Gasteiger partial charge in [-0.2, -0.15) is 0 Å². The lowest BCUT2D eigenvalue weighted by Gasteiger charge is -2.08. The number of halogens is 1. The molecule has 2 aromatic heterocycles. The van der Waals surface area contributed by atoms with E-state index in [1.165, 1.54) is 5.56 Å². The number of rotatable bonds is 2. The number of hydrogen-bond acceptors (Lipinski definition) is 2. The molecule has 1 N–H and O–H groups in total. The Kier molecular flexibility index (Phi) is 3.36. The number of aliphatic hydroxyl groups excluding tert-OH is 1. The fraction of sp³-hybridized carbons (Fsp3) is 0.188. The number of hydrogen-bond donors (Lipinski definition) is 1. The number of imidazole rings is 1. The predicted octanol–water partition coefficient (Wildman–Crippen LogP) is 4.13. The van der Waals surface area contributed by atoms with Gasteiger partial charge in [0.1, 0.15) is 5.65 Å². The van der Waals surface area contributed by atoms with Gasteiger partial charge in [-0.05, 0) is 41.9 Å². The van der Waals surface area contributed by atoms with Crippen LogP contribution < -0.4 is 0 Å². The minimum atomic E-state index is -0.587. The van der Waals surface area contributed by atoms with Crippen molar-refractivity contribution in [2.45, 2.75) is 20.0 Å². The van der Waals surface area contributed by atoms with Gasteiger partial charge in [-0.25, -0.2) is 4.98 Å². The Balaban J connectivity index is 2.29. The summed E-state index contributed by atoms with van der Waals surface area (Å²) in [5.74, 6) is 0. The van der Waals surface area contributed by atoms with E-state index in [9.17, 15) is 5.11 Å². The van der Waals surface area contributed by atoms with E-state index in [-0.39, 0.29) is 0 Å². The quantitative estimate of drug-likeness (QED) is 0.767. The van der Waals surface area contributed by atoms with Crippen molar-refractivity contribution in [1.29, 1.82) is 0 Å². The summed E-state index contributed by atoms with van der Waals surface area (Å²) in [6, 6.07) is 12.1. The number of aryl methyl sites for hydroxylation is 1. The number of nitrogens with zero attached hydrogens (tertiary/aromatic N) is 2. The molecule has 0 fully saturated rings. The summed E-state index contributed by atoms with van der Waals surface area (Å²) in [5.41, 5.74) is 4.70. The van der Waals surface area contributed by atoms with Crippen molar-refractivity contribution >= 4 is 21.6 Å². The van der Waals surface area contributed by atoms with Crippen molar-refractivity contribution in [3.8, 4) is 11.3 Å². The monoisotopic (exact) mass is 330 g/mol. The second kappa shape index (κ2) is 5.04. The maximum absolute atomic E-state index is 10.1. The Labute approximate surface area is 126 Å². The van der Waals surface area contributed by atoms with Crippen LogP contribution in [0.4, 0.5) is 0 Å². The second-order valence-corrected chi connectivity index (χ2v) is 5.88. The first kappa shape index (κ1) is 13.3. The van der Waals surface area contributed by atoms with E-state index in [1.807, 2.05) is 34.9 Å². The lowest BCUT2D eigenvalue weighted by atomic mass is 10.1. The molecule has 0 saturated heterocycles. The van der Waals surface area contributed by atoms with Gasteiger partial charge >= 0.3 is 0 Å². The first-order chi connectivity index (χ1) is 9.56. The molecule has 2 heterocycles. The fourth-order valence-corrected chi connectivity index (χ4v) is 2.70. The zero-order valence-electron chi connectivity index (χ0n) is 11.3. The number of pyridine rings is 1. The van der Waals surface area contributed by atoms with Crippen LogP contribution in [0.5, 0.6) is 0 Å². The van der Waals surface area contributed by atoms with E-state index in [0.29, 0.717) is 0 Å². The molecule has 0 aliphatic carbocycles. The summed E-state index contributed by atoms with van der Waals surface area (Å²) < 4.78 is 2.89. The molecule has 0 saturated carbocycles. The van der Waals surface area contributed by atoms with Crippen molar-refractivity contribution in [2.75, 3.05) is 0 Å². The molecule has 3 aromatic rings. The molecule has 0 aliphatic rings. The van der Waals surface area contributed by atoms with Gasteiger partial charge in [-0.1, -0.05) is 29.8 Å². The van der Waals surface area contributed by atoms with Crippen molar-refractivity contribution in [1.82, 2.24) is 9.38 Å². The van der Waals surface area contributed by atoms with Gasteiger partial charge in [0, 0.05) is 16.2 Å². The third kappa shape index (κ3) is 2.25. The molecular formula is C16H15BrN2O. The van der Waals surface area contributed by atoms with Crippen LogP contribution in [-0.2, 0) is 0 Å². The summed E-state index contributed by atoms with van der Waals surface area (Å²) in [5, 5.41) is 10.1. The summed E-state index contributed by atoms with van der Waals surface area (Å²) >= 11 is 3.46. The summed E-state index contributed by atoms with van der Waals surface area (Å²) in [7, 11) is 0. The third-order valence-electron chi connectivity index (χ3n) is 3.34. The number of aromatic nitrogens is 2. The Morgan fingerprint density at radius 1 is 1.15 bits per heavy atom. The molecule has 20 heavy (non-hydrogen) atoms. The lowest BCUT2D eigenvalue weighted by molar-refractivity contribution is 0.194. The number of benzene rings is 1. The minimum absolute atomic E-state index is 0.587. The SMILES string of the molecule is Cc1ccc(-c2nc3ccc(Br)cn3c2C(C)O)cc1. The van der Waals surface area contributed by atoms with Crippen LogP contribution in [0.25, 0.3) is 16.9 Å². The van der Waals surface area contributed by atoms with E-state index in [4.69, 9.17) is 0 Å². The van der Waals surface area contributed by atoms with Crippen LogP contribution in [0.1, 0.15) is 24.3 Å². The summed E-state index contributed by atoms with van der Waals surface area (Å²) in [4.78, 5) is 4.66. The second-order valence-electron chi connectivity index (χ2n) is 4.96. The highest BCUT2D eigenvalue weighted by Gasteiger charge is 2.17. The van der Waals surface area contributed by atoms with Crippen LogP contribution in [-0.4, -0.2) is 14.5 Å². The molecule has 0 aliphatic heterocycles. The van der Waals surface area contributed by atoms with Crippen LogP contribution in [0.15, 0.2) is 47.1 Å². The molecule has 0 bridgehead atoms. The van der Waals surface area contributed by atoms with Crippen LogP contribution in [0, 0.1) is 6.92 Å². The highest BCUT2D eigenvalue weighted by atomic mass is 79.9. The van der Waals surface area contributed by atoms with Gasteiger partial charge in [0.25, 0.3) is 0 Å². The minimum Gasteiger partial charge on any atom is -0.387 e. The normalized spacial score (nSPS) is 12.8. The lowest BCUT2D eigenvalue weighted by Crippen LogP contribution is -1.99. The summed E-state index contributed by atoms with van der Waals surface area (Å²) in [6.07, 6.45) is 1.35. The van der Waals surface area contributed by atoms with Gasteiger partial charge in [0.15, 0.2) is 0 Å². The standard InChI is InChI=1S/C16H15BrN2O/c1-10-3-5-12(6-4-10)15-16(11(2)20)19-9-13(17)7-8-14(19)18-15/h3-9,11,20H,1-2H3. The van der Waals surface area contributed by atoms with Crippen LogP contribution in [0.2, 0.25) is 0 Å². The summed E-state index contributed by atoms with van der Waals surface area (Å²) in [6.45, 7) is 3.82. The zero-order chi connectivity index (χ0) is 14.3. The average Bonchev–Trinajstić information content (AvgIpc) is 2.78. The molecule has 4 heteroatoms.